The van der Waals surface area contributed by atoms with Crippen LogP contribution in [0.3, 0.4) is 0 Å². The maximum absolute atomic E-state index is 11.3. The van der Waals surface area contributed by atoms with Gasteiger partial charge in [0, 0.05) is 6.54 Å². The molecule has 1 aromatic rings. The minimum atomic E-state index is -3.59. The first kappa shape index (κ1) is 20.1. The predicted molar refractivity (Wildman–Crippen MR) is 73.1 cm³/mol. The van der Waals surface area contributed by atoms with Crippen molar-refractivity contribution in [2.45, 2.75) is 4.90 Å². The van der Waals surface area contributed by atoms with Crippen molar-refractivity contribution >= 4 is 39.7 Å². The molecule has 5 nitrogen and oxygen atoms in total. The van der Waals surface area contributed by atoms with Crippen LogP contribution in [-0.4, -0.2) is 62.8 Å². The Bertz CT molecular complexity index is 406. The third kappa shape index (κ3) is 8.82. The average Bonchev–Trinajstić information content (AvgIpc) is 2.38. The molecule has 0 unspecified atom stereocenters. The first-order valence-electron chi connectivity index (χ1n) is 4.94. The van der Waals surface area contributed by atoms with Crippen molar-refractivity contribution < 1.29 is 17.7 Å². The molecule has 0 aliphatic carbocycles. The van der Waals surface area contributed by atoms with Gasteiger partial charge in [0.25, 0.3) is 10.1 Å². The number of aliphatic hydroxyl groups is 1. The number of nitrogens with two attached hydrogens (primary N) is 1. The van der Waals surface area contributed by atoms with Crippen LogP contribution in [0, 0.1) is 0 Å². The summed E-state index contributed by atoms with van der Waals surface area (Å²) < 4.78 is 27.3. The third-order valence-electron chi connectivity index (χ3n) is 1.50. The summed E-state index contributed by atoms with van der Waals surface area (Å²) in [7, 11) is -3.59. The van der Waals surface area contributed by atoms with Crippen molar-refractivity contribution in [1.82, 2.24) is 0 Å². The van der Waals surface area contributed by atoms with E-state index in [0.717, 1.165) is 0 Å². The predicted octanol–water partition coefficient (Wildman–Crippen LogP) is -0.133. The molecule has 0 amide bonds. The first-order chi connectivity index (χ1) is 8.08. The van der Waals surface area contributed by atoms with Crippen LogP contribution in [-0.2, 0) is 14.3 Å². The third-order valence-corrected chi connectivity index (χ3v) is 2.80. The molecule has 1 rings (SSSR count). The van der Waals surface area contributed by atoms with Crippen LogP contribution in [0.25, 0.3) is 0 Å². The molecule has 0 aromatic heterocycles. The summed E-state index contributed by atoms with van der Waals surface area (Å²) in [6.07, 6.45) is 1.39. The van der Waals surface area contributed by atoms with Gasteiger partial charge in [-0.05, 0) is 12.1 Å². The van der Waals surface area contributed by atoms with Gasteiger partial charge in [-0.2, -0.15) is 8.42 Å². The van der Waals surface area contributed by atoms with Crippen molar-refractivity contribution in [3.05, 3.63) is 43.0 Å². The Morgan fingerprint density at radius 3 is 2.22 bits per heavy atom. The van der Waals surface area contributed by atoms with E-state index in [1.54, 1.807) is 18.2 Å². The van der Waals surface area contributed by atoms with Crippen LogP contribution < -0.4 is 5.73 Å². The van der Waals surface area contributed by atoms with Gasteiger partial charge < -0.3 is 10.8 Å². The Kier molecular flexibility index (Phi) is 13.2. The van der Waals surface area contributed by atoms with E-state index in [4.69, 9.17) is 10.8 Å². The zero-order valence-electron chi connectivity index (χ0n) is 9.45. The molecule has 0 atom stereocenters. The summed E-state index contributed by atoms with van der Waals surface area (Å²) >= 11 is 0. The van der Waals surface area contributed by atoms with E-state index in [1.165, 1.54) is 18.2 Å². The normalized spacial score (nSPS) is 9.67. The second-order valence-corrected chi connectivity index (χ2v) is 4.47. The van der Waals surface area contributed by atoms with Gasteiger partial charge >= 0.3 is 29.6 Å². The Balaban J connectivity index is 0. The summed E-state index contributed by atoms with van der Waals surface area (Å²) in [6, 6.07) is 8.00. The van der Waals surface area contributed by atoms with Crippen LogP contribution in [0.5, 0.6) is 0 Å². The fourth-order valence-electron chi connectivity index (χ4n) is 0.793. The molecule has 0 saturated heterocycles. The summed E-state index contributed by atoms with van der Waals surface area (Å²) in [4.78, 5) is 0.164. The van der Waals surface area contributed by atoms with Gasteiger partial charge in [-0.15, -0.1) is 6.58 Å². The molecule has 1 aromatic carbocycles. The molecule has 98 valence electrons. The number of rotatable bonds is 5. The topological polar surface area (TPSA) is 89.6 Å². The van der Waals surface area contributed by atoms with Gasteiger partial charge in [0.2, 0.25) is 0 Å². The zero-order valence-corrected chi connectivity index (χ0v) is 10.3. The Labute approximate surface area is 130 Å². The minimum absolute atomic E-state index is 0. The summed E-state index contributed by atoms with van der Waals surface area (Å²) in [5, 5.41) is 7.75. The molecule has 0 aliphatic heterocycles. The van der Waals surface area contributed by atoms with E-state index >= 15 is 0 Å². The van der Waals surface area contributed by atoms with E-state index in [2.05, 4.69) is 10.8 Å². The van der Waals surface area contributed by atoms with Crippen LogP contribution in [0.1, 0.15) is 0 Å². The van der Waals surface area contributed by atoms with Crippen molar-refractivity contribution in [3.8, 4) is 0 Å². The van der Waals surface area contributed by atoms with Crippen LogP contribution >= 0.6 is 0 Å². The van der Waals surface area contributed by atoms with E-state index < -0.39 is 10.1 Å². The monoisotopic (exact) mass is 283 g/mol. The molecule has 0 heterocycles. The Morgan fingerprint density at radius 1 is 1.33 bits per heavy atom. The van der Waals surface area contributed by atoms with Gasteiger partial charge in [0.15, 0.2) is 0 Å². The van der Waals surface area contributed by atoms with Crippen LogP contribution in [0.15, 0.2) is 47.9 Å². The molecule has 0 saturated carbocycles. The molecule has 3 N–H and O–H groups in total. The molecular formula is C11H18NNaO4S. The fraction of sp³-hybridized carbons (Fsp3) is 0.273. The van der Waals surface area contributed by atoms with Crippen molar-refractivity contribution in [1.29, 1.82) is 0 Å². The Morgan fingerprint density at radius 2 is 1.83 bits per heavy atom. The number of benzene rings is 1. The van der Waals surface area contributed by atoms with Gasteiger partial charge in [0.1, 0.15) is 0 Å². The van der Waals surface area contributed by atoms with Crippen molar-refractivity contribution in [3.63, 3.8) is 0 Å². The summed E-state index contributed by atoms with van der Waals surface area (Å²) in [5.41, 5.74) is 4.78. The molecule has 0 bridgehead atoms. The standard InChI is InChI=1S/C9H10O3S.C2H7NO.Na.H/c1-2-8-12-13(10,11)9-6-4-3-5-7-9;3-1-2-4;;/h2-7H,1,8H2;4H,1-3H2;;. The maximum atomic E-state index is 11.3. The number of aliphatic hydroxyl groups excluding tert-OH is 1. The Hall–Kier alpha value is -0.210. The van der Waals surface area contributed by atoms with Gasteiger partial charge in [0.05, 0.1) is 18.1 Å². The first-order valence-corrected chi connectivity index (χ1v) is 6.35. The molecule has 0 spiro atoms. The average molecular weight is 283 g/mol. The van der Waals surface area contributed by atoms with E-state index in [0.29, 0.717) is 6.54 Å². The number of hydrogen-bond acceptors (Lipinski definition) is 5. The molecule has 18 heavy (non-hydrogen) atoms. The molecule has 0 fully saturated rings. The summed E-state index contributed by atoms with van der Waals surface area (Å²) in [5.74, 6) is 0. The SMILES string of the molecule is C=CCOS(=O)(=O)c1ccccc1.NCCO.[NaH]. The van der Waals surface area contributed by atoms with E-state index in [-0.39, 0.29) is 47.7 Å². The number of hydrogen-bond donors (Lipinski definition) is 2. The van der Waals surface area contributed by atoms with E-state index in [9.17, 15) is 8.42 Å². The fourth-order valence-corrected chi connectivity index (χ4v) is 1.69. The van der Waals surface area contributed by atoms with E-state index in [1.807, 2.05) is 0 Å². The van der Waals surface area contributed by atoms with Crippen LogP contribution in [0.4, 0.5) is 0 Å². The second kappa shape index (κ2) is 11.9. The van der Waals surface area contributed by atoms with Crippen LogP contribution in [0.2, 0.25) is 0 Å². The zero-order chi connectivity index (χ0) is 13.1. The molecular weight excluding hydrogens is 265 g/mol. The van der Waals surface area contributed by atoms with Gasteiger partial charge in [-0.1, -0.05) is 24.3 Å². The summed E-state index contributed by atoms with van der Waals surface area (Å²) in [6.45, 7) is 3.84. The molecule has 7 heteroatoms. The van der Waals surface area contributed by atoms with Crippen molar-refractivity contribution in [2.24, 2.45) is 5.73 Å². The quantitative estimate of drug-likeness (QED) is 0.446. The molecule has 0 radical (unpaired) electrons. The molecule has 0 aliphatic rings. The second-order valence-electron chi connectivity index (χ2n) is 2.85. The van der Waals surface area contributed by atoms with Crippen molar-refractivity contribution in [2.75, 3.05) is 19.8 Å². The van der Waals surface area contributed by atoms with Gasteiger partial charge in [-0.25, -0.2) is 0 Å². The van der Waals surface area contributed by atoms with Gasteiger partial charge in [-0.3, -0.25) is 4.18 Å².